The van der Waals surface area contributed by atoms with E-state index in [9.17, 15) is 4.39 Å². The number of nitrogens with zero attached hydrogens (tertiary/aromatic N) is 3. The normalized spacial score (nSPS) is 14.7. The van der Waals surface area contributed by atoms with E-state index in [1.165, 1.54) is 17.4 Å². The predicted octanol–water partition coefficient (Wildman–Crippen LogP) is 5.66. The Bertz CT molecular complexity index is 1140. The first-order chi connectivity index (χ1) is 14.8. The van der Waals surface area contributed by atoms with Crippen molar-refractivity contribution in [2.24, 2.45) is 0 Å². The molecule has 0 bridgehead atoms. The van der Waals surface area contributed by atoms with Crippen LogP contribution in [0.15, 0.2) is 54.9 Å². The number of hydrogen-bond donors (Lipinski definition) is 1. The summed E-state index contributed by atoms with van der Waals surface area (Å²) in [5.74, 6) is 0.586. The maximum absolute atomic E-state index is 14.7. The summed E-state index contributed by atoms with van der Waals surface area (Å²) in [6.45, 7) is 1.39. The third kappa shape index (κ3) is 3.96. The molecule has 152 valence electrons. The van der Waals surface area contributed by atoms with Crippen LogP contribution in [0.2, 0.25) is 0 Å². The third-order valence-corrected chi connectivity index (χ3v) is 5.94. The van der Waals surface area contributed by atoms with Crippen LogP contribution in [0, 0.1) is 5.82 Å². The number of fused-ring (bicyclic) bond motifs is 1. The summed E-state index contributed by atoms with van der Waals surface area (Å²) >= 11 is 1.48. The molecule has 1 saturated heterocycles. The standard InChI is InChI=1S/C22H19FN4O2S/c23-16-13-15(29-21-20(24-9-10-25-21)14-7-11-28-12-8-14)5-6-17(16)26-22-27-18-3-1-2-4-19(18)30-22/h1-6,9-10,13-14H,7-8,11-12H2,(H,26,27). The fourth-order valence-corrected chi connectivity index (χ4v) is 4.36. The molecule has 2 aromatic carbocycles. The van der Waals surface area contributed by atoms with E-state index in [0.717, 1.165) is 28.8 Å². The molecule has 0 unspecified atom stereocenters. The molecule has 5 rings (SSSR count). The number of ether oxygens (including phenoxy) is 2. The number of para-hydroxylation sites is 1. The lowest BCUT2D eigenvalue weighted by atomic mass is 9.96. The summed E-state index contributed by atoms with van der Waals surface area (Å²) in [6.07, 6.45) is 4.98. The fourth-order valence-electron chi connectivity index (χ4n) is 3.48. The highest BCUT2D eigenvalue weighted by atomic mass is 32.1. The van der Waals surface area contributed by atoms with Crippen molar-refractivity contribution in [1.82, 2.24) is 15.0 Å². The minimum atomic E-state index is -0.428. The first kappa shape index (κ1) is 18.9. The van der Waals surface area contributed by atoms with E-state index in [0.29, 0.717) is 35.7 Å². The lowest BCUT2D eigenvalue weighted by molar-refractivity contribution is 0.0839. The molecule has 30 heavy (non-hydrogen) atoms. The molecule has 0 atom stereocenters. The van der Waals surface area contributed by atoms with Crippen molar-refractivity contribution in [1.29, 1.82) is 0 Å². The zero-order valence-electron chi connectivity index (χ0n) is 16.0. The second kappa shape index (κ2) is 8.33. The minimum Gasteiger partial charge on any atom is -0.437 e. The summed E-state index contributed by atoms with van der Waals surface area (Å²) in [5.41, 5.74) is 2.01. The van der Waals surface area contributed by atoms with Crippen molar-refractivity contribution in [2.45, 2.75) is 18.8 Å². The van der Waals surface area contributed by atoms with Crippen molar-refractivity contribution in [3.63, 3.8) is 0 Å². The summed E-state index contributed by atoms with van der Waals surface area (Å²) in [6, 6.07) is 12.5. The van der Waals surface area contributed by atoms with Gasteiger partial charge < -0.3 is 14.8 Å². The molecule has 0 spiro atoms. The molecular weight excluding hydrogens is 403 g/mol. The summed E-state index contributed by atoms with van der Waals surface area (Å²) < 4.78 is 27.1. The zero-order valence-corrected chi connectivity index (χ0v) is 16.9. The highest BCUT2D eigenvalue weighted by molar-refractivity contribution is 7.22. The highest BCUT2D eigenvalue weighted by Gasteiger charge is 2.22. The number of rotatable bonds is 5. The highest BCUT2D eigenvalue weighted by Crippen LogP contribution is 2.34. The van der Waals surface area contributed by atoms with Gasteiger partial charge in [-0.15, -0.1) is 0 Å². The van der Waals surface area contributed by atoms with Crippen LogP contribution in [0.5, 0.6) is 11.6 Å². The number of anilines is 2. The van der Waals surface area contributed by atoms with Gasteiger partial charge in [0.2, 0.25) is 5.88 Å². The van der Waals surface area contributed by atoms with Gasteiger partial charge in [-0.05, 0) is 37.1 Å². The van der Waals surface area contributed by atoms with Gasteiger partial charge in [0.25, 0.3) is 0 Å². The molecule has 2 aromatic heterocycles. The number of thiazole rings is 1. The molecule has 0 amide bonds. The molecule has 1 aliphatic rings. The molecule has 0 radical (unpaired) electrons. The third-order valence-electron chi connectivity index (χ3n) is 4.99. The van der Waals surface area contributed by atoms with Gasteiger partial charge >= 0.3 is 0 Å². The summed E-state index contributed by atoms with van der Waals surface area (Å²) in [4.78, 5) is 13.3. The molecule has 0 saturated carbocycles. The van der Waals surface area contributed by atoms with Crippen molar-refractivity contribution < 1.29 is 13.9 Å². The van der Waals surface area contributed by atoms with Crippen LogP contribution in [-0.2, 0) is 4.74 Å². The Kier molecular flexibility index (Phi) is 5.25. The molecule has 0 aliphatic carbocycles. The van der Waals surface area contributed by atoms with E-state index in [1.807, 2.05) is 24.3 Å². The van der Waals surface area contributed by atoms with Crippen LogP contribution in [0.4, 0.5) is 15.2 Å². The number of nitrogens with one attached hydrogen (secondary N) is 1. The van der Waals surface area contributed by atoms with E-state index in [-0.39, 0.29) is 5.92 Å². The van der Waals surface area contributed by atoms with E-state index in [2.05, 4.69) is 20.3 Å². The van der Waals surface area contributed by atoms with Gasteiger partial charge in [0.15, 0.2) is 5.13 Å². The van der Waals surface area contributed by atoms with Crippen molar-refractivity contribution in [3.05, 3.63) is 66.4 Å². The Balaban J connectivity index is 1.35. The fraction of sp³-hybridized carbons (Fsp3) is 0.227. The zero-order chi connectivity index (χ0) is 20.3. The van der Waals surface area contributed by atoms with Crippen LogP contribution >= 0.6 is 11.3 Å². The van der Waals surface area contributed by atoms with Gasteiger partial charge in [0.05, 0.1) is 15.9 Å². The van der Waals surface area contributed by atoms with Crippen molar-refractivity contribution in [2.75, 3.05) is 18.5 Å². The van der Waals surface area contributed by atoms with Gasteiger partial charge in [0, 0.05) is 37.6 Å². The average molecular weight is 422 g/mol. The number of aromatic nitrogens is 3. The second-order valence-corrected chi connectivity index (χ2v) is 8.02. The lowest BCUT2D eigenvalue weighted by Gasteiger charge is -2.22. The van der Waals surface area contributed by atoms with Crippen LogP contribution in [0.3, 0.4) is 0 Å². The van der Waals surface area contributed by atoms with Gasteiger partial charge in [-0.3, -0.25) is 4.98 Å². The molecule has 8 heteroatoms. The minimum absolute atomic E-state index is 0.229. The van der Waals surface area contributed by atoms with Gasteiger partial charge in [-0.1, -0.05) is 23.5 Å². The first-order valence-electron chi connectivity index (χ1n) is 9.75. The summed E-state index contributed by atoms with van der Waals surface area (Å²) in [7, 11) is 0. The molecule has 1 fully saturated rings. The molecule has 6 nitrogen and oxygen atoms in total. The Labute approximate surface area is 176 Å². The smallest absolute Gasteiger partial charge is 0.241 e. The molecule has 1 aliphatic heterocycles. The molecular formula is C22H19FN4O2S. The SMILES string of the molecule is Fc1cc(Oc2nccnc2C2CCOCC2)ccc1Nc1nc2ccccc2s1. The van der Waals surface area contributed by atoms with E-state index >= 15 is 0 Å². The summed E-state index contributed by atoms with van der Waals surface area (Å²) in [5, 5.41) is 3.69. The topological polar surface area (TPSA) is 69.2 Å². The lowest BCUT2D eigenvalue weighted by Crippen LogP contribution is -2.16. The van der Waals surface area contributed by atoms with E-state index < -0.39 is 5.82 Å². The Morgan fingerprint density at radius 3 is 2.73 bits per heavy atom. The second-order valence-electron chi connectivity index (χ2n) is 6.99. The van der Waals surface area contributed by atoms with Gasteiger partial charge in [-0.2, -0.15) is 0 Å². The molecule has 3 heterocycles. The number of hydrogen-bond acceptors (Lipinski definition) is 7. The Morgan fingerprint density at radius 1 is 1.07 bits per heavy atom. The van der Waals surface area contributed by atoms with Gasteiger partial charge in [-0.25, -0.2) is 14.4 Å². The Hall–Kier alpha value is -3.10. The van der Waals surface area contributed by atoms with E-state index in [4.69, 9.17) is 9.47 Å². The van der Waals surface area contributed by atoms with Crippen LogP contribution in [0.1, 0.15) is 24.5 Å². The average Bonchev–Trinajstić information content (AvgIpc) is 3.19. The first-order valence-corrected chi connectivity index (χ1v) is 10.6. The number of benzene rings is 2. The molecule has 4 aromatic rings. The van der Waals surface area contributed by atoms with E-state index in [1.54, 1.807) is 24.5 Å². The van der Waals surface area contributed by atoms with Gasteiger partial charge in [0.1, 0.15) is 17.3 Å². The van der Waals surface area contributed by atoms with Crippen LogP contribution in [0.25, 0.3) is 10.2 Å². The largest absolute Gasteiger partial charge is 0.437 e. The van der Waals surface area contributed by atoms with Crippen molar-refractivity contribution >= 4 is 32.4 Å². The molecule has 1 N–H and O–H groups in total. The number of halogens is 1. The maximum atomic E-state index is 14.7. The van der Waals surface area contributed by atoms with Crippen LogP contribution in [-0.4, -0.2) is 28.2 Å². The quantitative estimate of drug-likeness (QED) is 0.448. The predicted molar refractivity (Wildman–Crippen MR) is 114 cm³/mol. The monoisotopic (exact) mass is 422 g/mol. The maximum Gasteiger partial charge on any atom is 0.241 e. The Morgan fingerprint density at radius 2 is 1.90 bits per heavy atom. The van der Waals surface area contributed by atoms with Crippen molar-refractivity contribution in [3.8, 4) is 11.6 Å². The van der Waals surface area contributed by atoms with Crippen LogP contribution < -0.4 is 10.1 Å².